The van der Waals surface area contributed by atoms with Gasteiger partial charge in [0.25, 0.3) is 0 Å². The largest absolute Gasteiger partial charge is 0.393 e. The minimum Gasteiger partial charge on any atom is -0.393 e. The Bertz CT molecular complexity index is 1330. The van der Waals surface area contributed by atoms with E-state index in [1.807, 2.05) is 16.0 Å². The number of fused-ring (bicyclic) bond motifs is 1. The fourth-order valence-electron chi connectivity index (χ4n) is 13.3. The molecule has 4 saturated carbocycles. The van der Waals surface area contributed by atoms with Gasteiger partial charge in [0, 0.05) is 43.1 Å². The summed E-state index contributed by atoms with van der Waals surface area (Å²) in [5.41, 5.74) is 3.77. The van der Waals surface area contributed by atoms with Crippen LogP contribution in [0, 0.1) is 29.6 Å². The van der Waals surface area contributed by atoms with Crippen LogP contribution in [0.3, 0.4) is 0 Å². The molecule has 3 N–H and O–H groups in total. The van der Waals surface area contributed by atoms with Crippen molar-refractivity contribution in [3.8, 4) is 0 Å². The topological polar surface area (TPSA) is 105 Å². The number of piperidine rings is 3. The zero-order chi connectivity index (χ0) is 37.2. The van der Waals surface area contributed by atoms with Gasteiger partial charge >= 0.3 is 0 Å². The molecule has 3 amide bonds. The van der Waals surface area contributed by atoms with Crippen molar-refractivity contribution < 1.29 is 19.5 Å². The van der Waals surface area contributed by atoms with Gasteiger partial charge in [-0.2, -0.15) is 0 Å². The molecular weight excluding hydrogens is 675 g/mol. The van der Waals surface area contributed by atoms with Crippen LogP contribution >= 0.6 is 0 Å². The summed E-state index contributed by atoms with van der Waals surface area (Å²) in [6, 6.07) is 2.10. The summed E-state index contributed by atoms with van der Waals surface area (Å²) in [5, 5.41) is 16.9. The highest BCUT2D eigenvalue weighted by Gasteiger charge is 2.49. The zero-order valence-corrected chi connectivity index (χ0v) is 33.7. The van der Waals surface area contributed by atoms with E-state index in [-0.39, 0.29) is 29.7 Å². The van der Waals surface area contributed by atoms with Gasteiger partial charge in [0.15, 0.2) is 0 Å². The first-order valence-electron chi connectivity index (χ1n) is 23.1. The van der Waals surface area contributed by atoms with E-state index in [1.165, 1.54) is 116 Å². The van der Waals surface area contributed by atoms with Crippen LogP contribution in [0.5, 0.6) is 0 Å². The van der Waals surface area contributed by atoms with Crippen molar-refractivity contribution in [1.82, 2.24) is 25.3 Å². The number of imide groups is 1. The highest BCUT2D eigenvalue weighted by Crippen LogP contribution is 2.46. The third kappa shape index (κ3) is 8.69. The maximum atomic E-state index is 13.3. The second-order valence-electron chi connectivity index (χ2n) is 19.3. The van der Waals surface area contributed by atoms with E-state index >= 15 is 0 Å². The Kier molecular flexibility index (Phi) is 12.8. The first kappa shape index (κ1) is 39.0. The third-order valence-electron chi connectivity index (χ3n) is 16.3. The van der Waals surface area contributed by atoms with E-state index in [9.17, 15) is 19.5 Å². The van der Waals surface area contributed by atoms with Crippen molar-refractivity contribution in [3.05, 3.63) is 11.1 Å². The average molecular weight is 748 g/mol. The summed E-state index contributed by atoms with van der Waals surface area (Å²) in [6.07, 6.45) is 27.1. The molecule has 0 spiro atoms. The highest BCUT2D eigenvalue weighted by molar-refractivity contribution is 6.02. The Morgan fingerprint density at radius 3 is 1.89 bits per heavy atom. The monoisotopic (exact) mass is 748 g/mol. The summed E-state index contributed by atoms with van der Waals surface area (Å²) in [5.74, 6) is 2.38. The molecule has 0 aromatic carbocycles. The van der Waals surface area contributed by atoms with Gasteiger partial charge in [-0.25, -0.2) is 0 Å². The van der Waals surface area contributed by atoms with Crippen LogP contribution < -0.4 is 10.6 Å². The Hall–Kier alpha value is -1.81. The molecule has 0 aromatic heterocycles. The van der Waals surface area contributed by atoms with Crippen LogP contribution in [0.25, 0.3) is 0 Å². The first-order chi connectivity index (χ1) is 26.3. The van der Waals surface area contributed by atoms with Gasteiger partial charge in [-0.1, -0.05) is 37.3 Å². The van der Waals surface area contributed by atoms with E-state index < -0.39 is 6.04 Å². The molecule has 4 saturated heterocycles. The average Bonchev–Trinajstić information content (AvgIpc) is 3.53. The lowest BCUT2D eigenvalue weighted by molar-refractivity contribution is -0.144. The Morgan fingerprint density at radius 2 is 1.28 bits per heavy atom. The number of likely N-dealkylation sites (tertiary alicyclic amines) is 3. The predicted octanol–water partition coefficient (Wildman–Crippen LogP) is 6.33. The molecule has 8 aliphatic rings. The van der Waals surface area contributed by atoms with E-state index in [0.29, 0.717) is 43.4 Å². The van der Waals surface area contributed by atoms with E-state index in [2.05, 4.69) is 27.4 Å². The lowest BCUT2D eigenvalue weighted by atomic mass is 9.67. The van der Waals surface area contributed by atoms with Crippen LogP contribution in [0.2, 0.25) is 0 Å². The summed E-state index contributed by atoms with van der Waals surface area (Å²) in [4.78, 5) is 44.9. The van der Waals surface area contributed by atoms with Crippen molar-refractivity contribution in [2.24, 2.45) is 29.6 Å². The summed E-state index contributed by atoms with van der Waals surface area (Å²) >= 11 is 0. The Morgan fingerprint density at radius 1 is 0.685 bits per heavy atom. The van der Waals surface area contributed by atoms with Crippen molar-refractivity contribution in [1.29, 1.82) is 0 Å². The summed E-state index contributed by atoms with van der Waals surface area (Å²) < 4.78 is 0. The maximum absolute atomic E-state index is 13.3. The molecule has 4 aliphatic heterocycles. The molecule has 8 rings (SSSR count). The van der Waals surface area contributed by atoms with Gasteiger partial charge in [0.05, 0.1) is 6.10 Å². The van der Waals surface area contributed by atoms with Gasteiger partial charge in [-0.3, -0.25) is 19.7 Å². The van der Waals surface area contributed by atoms with Crippen molar-refractivity contribution >= 4 is 17.7 Å². The fourth-order valence-corrected chi connectivity index (χ4v) is 13.3. The SMILES string of the molecule is CC/C(=C(\C1CCC(O)CC1)C1CCC(N2CCC(NC3CCN(C4CCC5C(=O)N(C6CCC(=O)NC6=O)CC5C4)CC3)CC2)CC1)C1CCCCC1. The number of rotatable bonds is 9. The Labute approximate surface area is 326 Å². The molecule has 8 fully saturated rings. The summed E-state index contributed by atoms with van der Waals surface area (Å²) in [6.45, 7) is 7.90. The molecule has 4 heterocycles. The minimum absolute atomic E-state index is 0.0543. The number of nitrogens with zero attached hydrogens (tertiary/aromatic N) is 3. The maximum Gasteiger partial charge on any atom is 0.249 e. The normalized spacial score (nSPS) is 38.0. The number of carbonyl (C=O) groups excluding carboxylic acids is 3. The van der Waals surface area contributed by atoms with E-state index in [4.69, 9.17) is 0 Å². The number of aliphatic hydroxyl groups excluding tert-OH is 1. The standard InChI is InChI=1S/C45H73N5O4/c1-2-39(30-6-4-3-5-7-30)43(32-10-15-38(51)16-11-32)31-8-12-36(13-9-31)48-24-20-34(21-25-48)46-35-22-26-49(27-23-35)37-14-17-40-33(28-37)29-50(45(40)54)41-18-19-42(52)47-44(41)53/h30-38,40-41,46,51H,2-29H2,1H3,(H,47,52,53)/b43-39+. The highest BCUT2D eigenvalue weighted by atomic mass is 16.3. The molecular formula is C45H73N5O4. The number of nitrogens with one attached hydrogen (secondary N) is 2. The van der Waals surface area contributed by atoms with Crippen molar-refractivity contribution in [2.45, 2.75) is 191 Å². The number of allylic oxidation sites excluding steroid dienone is 2. The van der Waals surface area contributed by atoms with Crippen molar-refractivity contribution in [2.75, 3.05) is 32.7 Å². The fraction of sp³-hybridized carbons (Fsp3) is 0.889. The van der Waals surface area contributed by atoms with Gasteiger partial charge < -0.3 is 25.1 Å². The minimum atomic E-state index is -0.466. The molecule has 0 radical (unpaired) electrons. The molecule has 9 nitrogen and oxygen atoms in total. The molecule has 302 valence electrons. The Balaban J connectivity index is 0.768. The zero-order valence-electron chi connectivity index (χ0n) is 33.7. The van der Waals surface area contributed by atoms with Gasteiger partial charge in [-0.15, -0.1) is 0 Å². The van der Waals surface area contributed by atoms with Crippen LogP contribution in [-0.4, -0.2) is 107 Å². The molecule has 0 aromatic rings. The number of carbonyl (C=O) groups is 3. The van der Waals surface area contributed by atoms with Gasteiger partial charge in [0.2, 0.25) is 17.7 Å². The molecule has 54 heavy (non-hydrogen) atoms. The van der Waals surface area contributed by atoms with Crippen LogP contribution in [0.1, 0.15) is 155 Å². The van der Waals surface area contributed by atoms with Crippen molar-refractivity contribution in [3.63, 3.8) is 0 Å². The van der Waals surface area contributed by atoms with Gasteiger partial charge in [-0.05, 0) is 172 Å². The van der Waals surface area contributed by atoms with E-state index in [0.717, 1.165) is 69.0 Å². The molecule has 9 heteroatoms. The number of hydrogen-bond acceptors (Lipinski definition) is 7. The lowest BCUT2D eigenvalue weighted by Gasteiger charge is -2.45. The van der Waals surface area contributed by atoms with Crippen LogP contribution in [-0.2, 0) is 14.4 Å². The quantitative estimate of drug-likeness (QED) is 0.187. The lowest BCUT2D eigenvalue weighted by Crippen LogP contribution is -2.53. The van der Waals surface area contributed by atoms with Gasteiger partial charge in [0.1, 0.15) is 6.04 Å². The van der Waals surface area contributed by atoms with Crippen LogP contribution in [0.15, 0.2) is 11.1 Å². The second-order valence-corrected chi connectivity index (χ2v) is 19.3. The molecule has 4 unspecified atom stereocenters. The summed E-state index contributed by atoms with van der Waals surface area (Å²) in [7, 11) is 0. The first-order valence-corrected chi connectivity index (χ1v) is 23.1. The molecule has 4 aliphatic carbocycles. The second kappa shape index (κ2) is 17.8. The third-order valence-corrected chi connectivity index (χ3v) is 16.3. The molecule has 4 atom stereocenters. The smallest absolute Gasteiger partial charge is 0.249 e. The molecule has 0 bridgehead atoms. The van der Waals surface area contributed by atoms with Crippen LogP contribution in [0.4, 0.5) is 0 Å². The number of aliphatic hydroxyl groups is 1. The van der Waals surface area contributed by atoms with E-state index in [1.54, 1.807) is 0 Å². The predicted molar refractivity (Wildman–Crippen MR) is 212 cm³/mol. The number of amides is 3. The number of hydrogen-bond donors (Lipinski definition) is 3.